The summed E-state index contributed by atoms with van der Waals surface area (Å²) in [5, 5.41) is 0. The van der Waals surface area contributed by atoms with E-state index in [2.05, 4.69) is 31.2 Å². The van der Waals surface area contributed by atoms with Crippen molar-refractivity contribution in [1.29, 1.82) is 0 Å². The Bertz CT molecular complexity index is 465. The van der Waals surface area contributed by atoms with Gasteiger partial charge in [-0.3, -0.25) is 4.79 Å². The average molecular weight is 284 g/mol. The standard InChI is InChI=1S/C20H28O/c1-2-3-4-15-5-7-16(8-6-15)17-9-11-18(12-10-17)19-13-14-20(19)21/h9-12,15-16,19H,2-8,13-14H2,1H3. The highest BCUT2D eigenvalue weighted by atomic mass is 16.1. The van der Waals surface area contributed by atoms with E-state index in [1.54, 1.807) is 0 Å². The van der Waals surface area contributed by atoms with Crippen molar-refractivity contribution in [3.63, 3.8) is 0 Å². The first kappa shape index (κ1) is 14.8. The summed E-state index contributed by atoms with van der Waals surface area (Å²) in [6.07, 6.45) is 11.6. The van der Waals surface area contributed by atoms with E-state index >= 15 is 0 Å². The zero-order valence-corrected chi connectivity index (χ0v) is 13.3. The molecule has 0 aliphatic heterocycles. The molecule has 0 spiro atoms. The van der Waals surface area contributed by atoms with Gasteiger partial charge in [0.1, 0.15) is 5.78 Å². The van der Waals surface area contributed by atoms with E-state index in [1.165, 1.54) is 56.1 Å². The lowest BCUT2D eigenvalue weighted by atomic mass is 9.75. The zero-order valence-electron chi connectivity index (χ0n) is 13.3. The molecule has 1 atom stereocenters. The van der Waals surface area contributed by atoms with Crippen molar-refractivity contribution in [2.24, 2.45) is 5.92 Å². The summed E-state index contributed by atoms with van der Waals surface area (Å²) < 4.78 is 0. The maximum Gasteiger partial charge on any atom is 0.140 e. The highest BCUT2D eigenvalue weighted by Crippen LogP contribution is 2.39. The second-order valence-corrected chi connectivity index (χ2v) is 7.08. The quantitative estimate of drug-likeness (QED) is 0.688. The number of hydrogen-bond acceptors (Lipinski definition) is 1. The average Bonchev–Trinajstić information content (AvgIpc) is 2.53. The number of hydrogen-bond donors (Lipinski definition) is 0. The fraction of sp³-hybridized carbons (Fsp3) is 0.650. The molecule has 0 saturated heterocycles. The van der Waals surface area contributed by atoms with Crippen LogP contribution in [-0.2, 0) is 4.79 Å². The number of ketones is 1. The lowest BCUT2D eigenvalue weighted by molar-refractivity contribution is -0.125. The van der Waals surface area contributed by atoms with Crippen molar-refractivity contribution in [3.8, 4) is 0 Å². The van der Waals surface area contributed by atoms with Gasteiger partial charge in [-0.15, -0.1) is 0 Å². The zero-order chi connectivity index (χ0) is 14.7. The highest BCUT2D eigenvalue weighted by molar-refractivity contribution is 5.91. The maximum absolute atomic E-state index is 11.5. The molecule has 3 rings (SSSR count). The van der Waals surface area contributed by atoms with Crippen LogP contribution in [0.1, 0.15) is 87.7 Å². The molecule has 114 valence electrons. The molecule has 2 saturated carbocycles. The van der Waals surface area contributed by atoms with Gasteiger partial charge in [-0.05, 0) is 55.1 Å². The van der Waals surface area contributed by atoms with E-state index in [-0.39, 0.29) is 5.92 Å². The van der Waals surface area contributed by atoms with Crippen molar-refractivity contribution in [3.05, 3.63) is 35.4 Å². The predicted octanol–water partition coefficient (Wildman–Crippen LogP) is 5.60. The molecule has 0 N–H and O–H groups in total. The normalized spacial score (nSPS) is 29.2. The topological polar surface area (TPSA) is 17.1 Å². The Balaban J connectivity index is 1.54. The Morgan fingerprint density at radius 3 is 2.14 bits per heavy atom. The summed E-state index contributed by atoms with van der Waals surface area (Å²) in [6.45, 7) is 2.29. The highest BCUT2D eigenvalue weighted by Gasteiger charge is 2.29. The molecule has 21 heavy (non-hydrogen) atoms. The Morgan fingerprint density at radius 1 is 0.952 bits per heavy atom. The summed E-state index contributed by atoms with van der Waals surface area (Å²) in [6, 6.07) is 9.00. The van der Waals surface area contributed by atoms with Crippen molar-refractivity contribution in [2.45, 2.75) is 76.5 Å². The van der Waals surface area contributed by atoms with Gasteiger partial charge in [0.05, 0.1) is 0 Å². The van der Waals surface area contributed by atoms with E-state index in [4.69, 9.17) is 0 Å². The number of carbonyl (C=O) groups excluding carboxylic acids is 1. The van der Waals surface area contributed by atoms with Gasteiger partial charge in [0.2, 0.25) is 0 Å². The number of benzene rings is 1. The first-order chi connectivity index (χ1) is 10.3. The molecule has 1 heteroatoms. The van der Waals surface area contributed by atoms with Crippen LogP contribution in [0.25, 0.3) is 0 Å². The van der Waals surface area contributed by atoms with Gasteiger partial charge in [-0.25, -0.2) is 0 Å². The molecule has 2 aliphatic rings. The number of carbonyl (C=O) groups is 1. The summed E-state index contributed by atoms with van der Waals surface area (Å²) in [4.78, 5) is 11.5. The molecular weight excluding hydrogens is 256 g/mol. The number of Topliss-reactive ketones (excluding diaryl/α,β-unsaturated/α-hetero) is 1. The minimum absolute atomic E-state index is 0.212. The van der Waals surface area contributed by atoms with Gasteiger partial charge in [-0.2, -0.15) is 0 Å². The van der Waals surface area contributed by atoms with Crippen molar-refractivity contribution >= 4 is 5.78 Å². The monoisotopic (exact) mass is 284 g/mol. The molecule has 1 aromatic rings. The Labute approximate surface area is 129 Å². The molecule has 1 nitrogen and oxygen atoms in total. The van der Waals surface area contributed by atoms with E-state index in [0.29, 0.717) is 5.78 Å². The van der Waals surface area contributed by atoms with Crippen LogP contribution >= 0.6 is 0 Å². The van der Waals surface area contributed by atoms with Gasteiger partial charge < -0.3 is 0 Å². The molecule has 1 unspecified atom stereocenters. The molecular formula is C20H28O. The molecule has 0 radical (unpaired) electrons. The molecule has 0 bridgehead atoms. The van der Waals surface area contributed by atoms with Crippen LogP contribution in [0.15, 0.2) is 24.3 Å². The molecule has 1 aromatic carbocycles. The number of rotatable bonds is 5. The van der Waals surface area contributed by atoms with Gasteiger partial charge in [0, 0.05) is 12.3 Å². The first-order valence-electron chi connectivity index (χ1n) is 8.90. The third-order valence-electron chi connectivity index (χ3n) is 5.69. The molecule has 0 aromatic heterocycles. The van der Waals surface area contributed by atoms with Crippen LogP contribution in [0.2, 0.25) is 0 Å². The third-order valence-corrected chi connectivity index (χ3v) is 5.69. The van der Waals surface area contributed by atoms with Gasteiger partial charge in [0.15, 0.2) is 0 Å². The van der Waals surface area contributed by atoms with E-state index in [9.17, 15) is 4.79 Å². The lowest BCUT2D eigenvalue weighted by Crippen LogP contribution is -2.23. The molecule has 0 heterocycles. The van der Waals surface area contributed by atoms with Gasteiger partial charge in [0.25, 0.3) is 0 Å². The van der Waals surface area contributed by atoms with Crippen molar-refractivity contribution < 1.29 is 4.79 Å². The number of unbranched alkanes of at least 4 members (excludes halogenated alkanes) is 1. The Kier molecular flexibility index (Phi) is 4.77. The van der Waals surface area contributed by atoms with Gasteiger partial charge >= 0.3 is 0 Å². The Morgan fingerprint density at radius 2 is 1.62 bits per heavy atom. The summed E-state index contributed by atoms with van der Waals surface area (Å²) >= 11 is 0. The smallest absolute Gasteiger partial charge is 0.140 e. The largest absolute Gasteiger partial charge is 0.299 e. The molecule has 2 aliphatic carbocycles. The summed E-state index contributed by atoms with van der Waals surface area (Å²) in [5.41, 5.74) is 2.74. The fourth-order valence-electron chi connectivity index (χ4n) is 4.04. The van der Waals surface area contributed by atoms with E-state index in [1.807, 2.05) is 0 Å². The minimum atomic E-state index is 0.212. The van der Waals surface area contributed by atoms with E-state index < -0.39 is 0 Å². The molecule has 0 amide bonds. The van der Waals surface area contributed by atoms with Gasteiger partial charge in [-0.1, -0.05) is 50.5 Å². The second-order valence-electron chi connectivity index (χ2n) is 7.08. The van der Waals surface area contributed by atoms with Crippen molar-refractivity contribution in [2.75, 3.05) is 0 Å². The van der Waals surface area contributed by atoms with Crippen LogP contribution in [0, 0.1) is 5.92 Å². The maximum atomic E-state index is 11.5. The van der Waals surface area contributed by atoms with E-state index in [0.717, 1.165) is 24.7 Å². The predicted molar refractivity (Wildman–Crippen MR) is 87.6 cm³/mol. The van der Waals surface area contributed by atoms with Crippen LogP contribution in [0.5, 0.6) is 0 Å². The lowest BCUT2D eigenvalue weighted by Gasteiger charge is -2.29. The first-order valence-corrected chi connectivity index (χ1v) is 8.90. The minimum Gasteiger partial charge on any atom is -0.299 e. The van der Waals surface area contributed by atoms with Crippen molar-refractivity contribution in [1.82, 2.24) is 0 Å². The second kappa shape index (κ2) is 6.77. The Hall–Kier alpha value is -1.11. The van der Waals surface area contributed by atoms with Crippen LogP contribution in [0.3, 0.4) is 0 Å². The van der Waals surface area contributed by atoms with Crippen LogP contribution < -0.4 is 0 Å². The summed E-state index contributed by atoms with van der Waals surface area (Å²) in [7, 11) is 0. The molecule has 2 fully saturated rings. The van der Waals surface area contributed by atoms with Crippen LogP contribution in [-0.4, -0.2) is 5.78 Å². The third kappa shape index (κ3) is 3.39. The summed E-state index contributed by atoms with van der Waals surface area (Å²) in [5.74, 6) is 2.38. The fourth-order valence-corrected chi connectivity index (χ4v) is 4.04. The van der Waals surface area contributed by atoms with Crippen LogP contribution in [0.4, 0.5) is 0 Å². The SMILES string of the molecule is CCCCC1CCC(c2ccc(C3CCC3=O)cc2)CC1.